The zero-order chi connectivity index (χ0) is 13.8. The first-order chi connectivity index (χ1) is 9.88. The first-order valence-corrected chi connectivity index (χ1v) is 8.93. The highest BCUT2D eigenvalue weighted by Crippen LogP contribution is 2.40. The first kappa shape index (κ1) is 14.2. The van der Waals surface area contributed by atoms with E-state index in [1.165, 1.54) is 43.4 Å². The summed E-state index contributed by atoms with van der Waals surface area (Å²) in [7, 11) is 0. The highest BCUT2D eigenvalue weighted by molar-refractivity contribution is 8.00. The molecule has 2 aliphatic rings. The topological polar surface area (TPSA) is 12.0 Å². The van der Waals surface area contributed by atoms with Gasteiger partial charge in [0, 0.05) is 16.2 Å². The maximum absolute atomic E-state index is 3.83. The zero-order valence-corrected chi connectivity index (χ0v) is 13.2. The van der Waals surface area contributed by atoms with Crippen molar-refractivity contribution in [1.29, 1.82) is 0 Å². The van der Waals surface area contributed by atoms with Gasteiger partial charge in [-0.25, -0.2) is 0 Å². The maximum atomic E-state index is 3.83. The Hall–Kier alpha value is -0.730. The Kier molecular flexibility index (Phi) is 4.85. The lowest BCUT2D eigenvalue weighted by Gasteiger charge is -2.29. The number of nitrogens with one attached hydrogen (secondary N) is 1. The highest BCUT2D eigenvalue weighted by atomic mass is 32.2. The molecule has 0 saturated carbocycles. The Labute approximate surface area is 127 Å². The SMILES string of the molecule is CCCNC(C1=CCCCC1)C1Cc2ccccc2S1. The second-order valence-electron chi connectivity index (χ2n) is 5.92. The van der Waals surface area contributed by atoms with Gasteiger partial charge in [0.25, 0.3) is 0 Å². The summed E-state index contributed by atoms with van der Waals surface area (Å²) in [6.45, 7) is 3.39. The minimum Gasteiger partial charge on any atom is -0.309 e. The van der Waals surface area contributed by atoms with Crippen LogP contribution in [0.15, 0.2) is 40.8 Å². The van der Waals surface area contributed by atoms with Crippen LogP contribution in [0.2, 0.25) is 0 Å². The lowest BCUT2D eigenvalue weighted by Crippen LogP contribution is -2.40. The molecule has 2 unspecified atom stereocenters. The number of hydrogen-bond donors (Lipinski definition) is 1. The van der Waals surface area contributed by atoms with Gasteiger partial charge in [0.15, 0.2) is 0 Å². The normalized spacial score (nSPS) is 23.2. The minimum absolute atomic E-state index is 0.577. The van der Waals surface area contributed by atoms with Crippen LogP contribution >= 0.6 is 11.8 Å². The molecule has 1 aromatic rings. The van der Waals surface area contributed by atoms with Gasteiger partial charge in [0.05, 0.1) is 0 Å². The van der Waals surface area contributed by atoms with E-state index in [9.17, 15) is 0 Å². The predicted molar refractivity (Wildman–Crippen MR) is 88.4 cm³/mol. The Morgan fingerprint density at radius 2 is 2.20 bits per heavy atom. The van der Waals surface area contributed by atoms with Gasteiger partial charge >= 0.3 is 0 Å². The molecule has 1 nitrogen and oxygen atoms in total. The molecule has 1 N–H and O–H groups in total. The molecule has 0 fully saturated rings. The largest absolute Gasteiger partial charge is 0.309 e. The fourth-order valence-electron chi connectivity index (χ4n) is 3.34. The van der Waals surface area contributed by atoms with Gasteiger partial charge < -0.3 is 5.32 Å². The number of rotatable bonds is 5. The van der Waals surface area contributed by atoms with Crippen molar-refractivity contribution >= 4 is 11.8 Å². The van der Waals surface area contributed by atoms with Crippen molar-refractivity contribution < 1.29 is 0 Å². The van der Waals surface area contributed by atoms with Crippen LogP contribution in [0.25, 0.3) is 0 Å². The molecule has 2 atom stereocenters. The average Bonchev–Trinajstić information content (AvgIpc) is 2.92. The van der Waals surface area contributed by atoms with E-state index in [-0.39, 0.29) is 0 Å². The molecule has 0 aromatic heterocycles. The van der Waals surface area contributed by atoms with Crippen molar-refractivity contribution in [2.45, 2.75) is 61.6 Å². The molecule has 1 aliphatic heterocycles. The molecule has 1 aliphatic carbocycles. The first-order valence-electron chi connectivity index (χ1n) is 8.05. The second-order valence-corrected chi connectivity index (χ2v) is 7.21. The Bertz CT molecular complexity index is 455. The minimum atomic E-state index is 0.577. The van der Waals surface area contributed by atoms with Crippen LogP contribution in [-0.4, -0.2) is 17.8 Å². The summed E-state index contributed by atoms with van der Waals surface area (Å²) in [5.41, 5.74) is 3.22. The van der Waals surface area contributed by atoms with Gasteiger partial charge in [-0.15, -0.1) is 11.8 Å². The standard InChI is InChI=1S/C18H25NS/c1-2-12-19-18(14-8-4-3-5-9-14)17-13-15-10-6-7-11-16(15)20-17/h6-8,10-11,17-19H,2-5,9,12-13H2,1H3. The average molecular weight is 287 g/mol. The third kappa shape index (κ3) is 3.12. The fraction of sp³-hybridized carbons (Fsp3) is 0.556. The van der Waals surface area contributed by atoms with Gasteiger partial charge in [-0.2, -0.15) is 0 Å². The van der Waals surface area contributed by atoms with Crippen LogP contribution in [0.1, 0.15) is 44.6 Å². The summed E-state index contributed by atoms with van der Waals surface area (Å²) >= 11 is 2.09. The maximum Gasteiger partial charge on any atom is 0.0406 e. The smallest absolute Gasteiger partial charge is 0.0406 e. The molecule has 0 amide bonds. The zero-order valence-electron chi connectivity index (χ0n) is 12.4. The molecular weight excluding hydrogens is 262 g/mol. The van der Waals surface area contributed by atoms with Crippen LogP contribution in [0.4, 0.5) is 0 Å². The molecule has 0 bridgehead atoms. The summed E-state index contributed by atoms with van der Waals surface area (Å²) in [5.74, 6) is 0. The van der Waals surface area contributed by atoms with Crippen molar-refractivity contribution in [2.75, 3.05) is 6.54 Å². The summed E-state index contributed by atoms with van der Waals surface area (Å²) in [4.78, 5) is 1.50. The number of benzene rings is 1. The summed E-state index contributed by atoms with van der Waals surface area (Å²) in [6.07, 6.45) is 10.3. The summed E-state index contributed by atoms with van der Waals surface area (Å²) in [6, 6.07) is 9.51. The molecule has 3 rings (SSSR count). The van der Waals surface area contributed by atoms with Crippen LogP contribution < -0.4 is 5.32 Å². The molecule has 0 radical (unpaired) electrons. The molecule has 1 aromatic carbocycles. The monoisotopic (exact) mass is 287 g/mol. The Morgan fingerprint density at radius 1 is 1.30 bits per heavy atom. The van der Waals surface area contributed by atoms with Crippen LogP contribution in [-0.2, 0) is 6.42 Å². The van der Waals surface area contributed by atoms with Crippen molar-refractivity contribution in [3.05, 3.63) is 41.5 Å². The molecule has 20 heavy (non-hydrogen) atoms. The van der Waals surface area contributed by atoms with Gasteiger partial charge in [-0.05, 0) is 56.7 Å². The summed E-state index contributed by atoms with van der Waals surface area (Å²) in [5, 5.41) is 4.51. The van der Waals surface area contributed by atoms with E-state index in [2.05, 4.69) is 54.3 Å². The summed E-state index contributed by atoms with van der Waals surface area (Å²) < 4.78 is 0. The highest BCUT2D eigenvalue weighted by Gasteiger charge is 2.31. The van der Waals surface area contributed by atoms with E-state index in [1.54, 1.807) is 11.1 Å². The fourth-order valence-corrected chi connectivity index (χ4v) is 4.80. The van der Waals surface area contributed by atoms with Gasteiger partial charge in [0.2, 0.25) is 0 Å². The third-order valence-corrected chi connectivity index (χ3v) is 5.78. The second kappa shape index (κ2) is 6.82. The molecular formula is C18H25NS. The van der Waals surface area contributed by atoms with Crippen molar-refractivity contribution in [3.63, 3.8) is 0 Å². The van der Waals surface area contributed by atoms with E-state index < -0.39 is 0 Å². The number of fused-ring (bicyclic) bond motifs is 1. The van der Waals surface area contributed by atoms with E-state index in [1.807, 2.05) is 0 Å². The van der Waals surface area contributed by atoms with Crippen molar-refractivity contribution in [2.24, 2.45) is 0 Å². The van der Waals surface area contributed by atoms with Gasteiger partial charge in [-0.3, -0.25) is 0 Å². The van der Waals surface area contributed by atoms with E-state index in [4.69, 9.17) is 0 Å². The Morgan fingerprint density at radius 3 is 2.95 bits per heavy atom. The third-order valence-electron chi connectivity index (χ3n) is 4.38. The van der Waals surface area contributed by atoms with Crippen molar-refractivity contribution in [3.8, 4) is 0 Å². The van der Waals surface area contributed by atoms with Crippen LogP contribution in [0.5, 0.6) is 0 Å². The van der Waals surface area contributed by atoms with Crippen LogP contribution in [0.3, 0.4) is 0 Å². The van der Waals surface area contributed by atoms with Gasteiger partial charge in [0.1, 0.15) is 0 Å². The number of hydrogen-bond acceptors (Lipinski definition) is 2. The molecule has 2 heteroatoms. The van der Waals surface area contributed by atoms with E-state index in [0.717, 1.165) is 6.54 Å². The number of allylic oxidation sites excluding steroid dienone is 1. The predicted octanol–water partition coefficient (Wildman–Crippen LogP) is 4.57. The quantitative estimate of drug-likeness (QED) is 0.796. The lowest BCUT2D eigenvalue weighted by molar-refractivity contribution is 0.514. The molecule has 0 spiro atoms. The molecule has 0 saturated heterocycles. The lowest BCUT2D eigenvalue weighted by atomic mass is 9.90. The Balaban J connectivity index is 1.75. The molecule has 1 heterocycles. The van der Waals surface area contributed by atoms with E-state index >= 15 is 0 Å². The molecule has 108 valence electrons. The van der Waals surface area contributed by atoms with Gasteiger partial charge in [-0.1, -0.05) is 36.8 Å². The van der Waals surface area contributed by atoms with Crippen LogP contribution in [0, 0.1) is 0 Å². The van der Waals surface area contributed by atoms with Crippen molar-refractivity contribution in [1.82, 2.24) is 5.32 Å². The number of thioether (sulfide) groups is 1. The van der Waals surface area contributed by atoms with E-state index in [0.29, 0.717) is 11.3 Å².